The van der Waals surface area contributed by atoms with Gasteiger partial charge in [0, 0.05) is 35.7 Å². The second-order valence-corrected chi connectivity index (χ2v) is 9.02. The number of hydrogen-bond donors (Lipinski definition) is 1. The zero-order chi connectivity index (χ0) is 25.4. The Morgan fingerprint density at radius 1 is 0.943 bits per heavy atom. The number of nitro groups is 1. The molecule has 0 fully saturated rings. The summed E-state index contributed by atoms with van der Waals surface area (Å²) in [6.07, 6.45) is 0.0978. The second-order valence-electron chi connectivity index (χ2n) is 8.58. The van der Waals surface area contributed by atoms with Crippen molar-refractivity contribution < 1.29 is 14.5 Å². The van der Waals surface area contributed by atoms with Gasteiger partial charge >= 0.3 is 0 Å². The fourth-order valence-electron chi connectivity index (χ4n) is 3.82. The van der Waals surface area contributed by atoms with Gasteiger partial charge in [-0.1, -0.05) is 72.3 Å². The fourth-order valence-corrected chi connectivity index (χ4v) is 3.95. The lowest BCUT2D eigenvalue weighted by molar-refractivity contribution is -0.385. The zero-order valence-electron chi connectivity index (χ0n) is 19.7. The molecule has 2 amide bonds. The van der Waals surface area contributed by atoms with Crippen molar-refractivity contribution in [3.63, 3.8) is 0 Å². The minimum atomic E-state index is -0.814. The van der Waals surface area contributed by atoms with Crippen LogP contribution in [0.25, 0.3) is 0 Å². The highest BCUT2D eigenvalue weighted by Crippen LogP contribution is 2.22. The Balaban J connectivity index is 2.00. The monoisotopic (exact) mass is 493 g/mol. The number of carbonyl (C=O) groups is 2. The molecule has 0 heterocycles. The minimum absolute atomic E-state index is 0.122. The Hall–Kier alpha value is -3.71. The van der Waals surface area contributed by atoms with E-state index in [1.807, 2.05) is 44.2 Å². The molecular weight excluding hydrogens is 466 g/mol. The average molecular weight is 494 g/mol. The van der Waals surface area contributed by atoms with E-state index >= 15 is 0 Å². The molecule has 0 radical (unpaired) electrons. The van der Waals surface area contributed by atoms with E-state index < -0.39 is 11.0 Å². The van der Waals surface area contributed by atoms with Crippen LogP contribution in [-0.4, -0.2) is 33.7 Å². The van der Waals surface area contributed by atoms with Crippen molar-refractivity contribution in [3.05, 3.63) is 111 Å². The van der Waals surface area contributed by atoms with Crippen molar-refractivity contribution in [2.24, 2.45) is 0 Å². The highest BCUT2D eigenvalue weighted by atomic mass is 35.5. The summed E-state index contributed by atoms with van der Waals surface area (Å²) < 4.78 is 0. The van der Waals surface area contributed by atoms with Crippen LogP contribution >= 0.6 is 11.6 Å². The molecule has 8 heteroatoms. The number of hydrogen-bond acceptors (Lipinski definition) is 4. The Labute approximate surface area is 209 Å². The van der Waals surface area contributed by atoms with E-state index in [0.717, 1.165) is 11.1 Å². The minimum Gasteiger partial charge on any atom is -0.352 e. The number of nitro benzene ring substituents is 1. The molecule has 3 rings (SSSR count). The Morgan fingerprint density at radius 2 is 1.57 bits per heavy atom. The van der Waals surface area contributed by atoms with Crippen LogP contribution in [0, 0.1) is 10.1 Å². The van der Waals surface area contributed by atoms with E-state index in [2.05, 4.69) is 5.32 Å². The standard InChI is InChI=1S/C27H28ClN3O4/c1-19(2)29-27(33)25(16-20-8-4-3-5-9-20)30(18-21-12-14-23(28)15-13-21)26(32)17-22-10-6-7-11-24(22)31(34)35/h3-15,19,25H,16-18H2,1-2H3,(H,29,33)/t25-/m0/s1. The topological polar surface area (TPSA) is 92.6 Å². The third kappa shape index (κ3) is 7.39. The van der Waals surface area contributed by atoms with Crippen LogP contribution in [-0.2, 0) is 29.0 Å². The van der Waals surface area contributed by atoms with Crippen molar-refractivity contribution in [3.8, 4) is 0 Å². The highest BCUT2D eigenvalue weighted by molar-refractivity contribution is 6.30. The van der Waals surface area contributed by atoms with Gasteiger partial charge in [-0.2, -0.15) is 0 Å². The molecule has 0 unspecified atom stereocenters. The molecule has 0 aliphatic rings. The first-order valence-electron chi connectivity index (χ1n) is 11.3. The molecule has 0 aliphatic carbocycles. The number of nitrogens with zero attached hydrogens (tertiary/aromatic N) is 2. The number of halogens is 1. The molecule has 1 N–H and O–H groups in total. The smallest absolute Gasteiger partial charge is 0.273 e. The molecular formula is C27H28ClN3O4. The molecule has 0 bridgehead atoms. The van der Waals surface area contributed by atoms with Gasteiger partial charge in [-0.3, -0.25) is 19.7 Å². The SMILES string of the molecule is CC(C)NC(=O)[C@H](Cc1ccccc1)N(Cc1ccc(Cl)cc1)C(=O)Cc1ccccc1[N+](=O)[O-]. The maximum Gasteiger partial charge on any atom is 0.273 e. The Kier molecular flexibility index (Phi) is 8.98. The van der Waals surface area contributed by atoms with Gasteiger partial charge in [0.05, 0.1) is 11.3 Å². The highest BCUT2D eigenvalue weighted by Gasteiger charge is 2.31. The lowest BCUT2D eigenvalue weighted by Crippen LogP contribution is -2.52. The summed E-state index contributed by atoms with van der Waals surface area (Å²) in [5.74, 6) is -0.664. The van der Waals surface area contributed by atoms with E-state index in [9.17, 15) is 19.7 Å². The summed E-state index contributed by atoms with van der Waals surface area (Å²) >= 11 is 6.03. The number of para-hydroxylation sites is 1. The van der Waals surface area contributed by atoms with Crippen LogP contribution in [0.3, 0.4) is 0 Å². The molecule has 0 saturated carbocycles. The molecule has 3 aromatic carbocycles. The molecule has 3 aromatic rings. The zero-order valence-corrected chi connectivity index (χ0v) is 20.4. The average Bonchev–Trinajstić information content (AvgIpc) is 2.83. The maximum atomic E-state index is 13.7. The second kappa shape index (κ2) is 12.1. The Morgan fingerprint density at radius 3 is 2.20 bits per heavy atom. The van der Waals surface area contributed by atoms with Crippen LogP contribution in [0.15, 0.2) is 78.9 Å². The maximum absolute atomic E-state index is 13.7. The van der Waals surface area contributed by atoms with E-state index in [4.69, 9.17) is 11.6 Å². The summed E-state index contributed by atoms with van der Waals surface area (Å²) in [6, 6.07) is 21.7. The summed E-state index contributed by atoms with van der Waals surface area (Å²) in [4.78, 5) is 39.5. The van der Waals surface area contributed by atoms with E-state index in [1.165, 1.54) is 11.0 Å². The Bertz CT molecular complexity index is 1170. The summed E-state index contributed by atoms with van der Waals surface area (Å²) in [6.45, 7) is 3.87. The van der Waals surface area contributed by atoms with Crippen molar-refractivity contribution in [1.82, 2.24) is 10.2 Å². The lowest BCUT2D eigenvalue weighted by atomic mass is 10.0. The number of amides is 2. The van der Waals surface area contributed by atoms with Gasteiger partial charge in [-0.05, 0) is 37.1 Å². The van der Waals surface area contributed by atoms with Crippen LogP contribution in [0.2, 0.25) is 5.02 Å². The number of benzene rings is 3. The van der Waals surface area contributed by atoms with E-state index in [0.29, 0.717) is 17.0 Å². The molecule has 182 valence electrons. The van der Waals surface area contributed by atoms with E-state index in [-0.39, 0.29) is 36.5 Å². The van der Waals surface area contributed by atoms with Gasteiger partial charge in [0.2, 0.25) is 11.8 Å². The molecule has 0 aliphatic heterocycles. The molecule has 7 nitrogen and oxygen atoms in total. The third-order valence-electron chi connectivity index (χ3n) is 5.50. The van der Waals surface area contributed by atoms with Gasteiger partial charge in [-0.25, -0.2) is 0 Å². The van der Waals surface area contributed by atoms with Crippen molar-refractivity contribution in [2.75, 3.05) is 0 Å². The van der Waals surface area contributed by atoms with Crippen molar-refractivity contribution >= 4 is 29.1 Å². The fraction of sp³-hybridized carbons (Fsp3) is 0.259. The first-order valence-corrected chi connectivity index (χ1v) is 11.7. The predicted octanol–water partition coefficient (Wildman–Crippen LogP) is 4.96. The predicted molar refractivity (Wildman–Crippen MR) is 136 cm³/mol. The normalized spacial score (nSPS) is 11.7. The first-order chi connectivity index (χ1) is 16.7. The number of rotatable bonds is 10. The molecule has 0 spiro atoms. The van der Waals surface area contributed by atoms with Gasteiger partial charge in [-0.15, -0.1) is 0 Å². The molecule has 0 saturated heterocycles. The van der Waals surface area contributed by atoms with Crippen LogP contribution in [0.4, 0.5) is 5.69 Å². The van der Waals surface area contributed by atoms with Crippen LogP contribution in [0.1, 0.15) is 30.5 Å². The van der Waals surface area contributed by atoms with Crippen molar-refractivity contribution in [2.45, 2.75) is 45.3 Å². The molecule has 35 heavy (non-hydrogen) atoms. The largest absolute Gasteiger partial charge is 0.352 e. The van der Waals surface area contributed by atoms with Gasteiger partial charge in [0.15, 0.2) is 0 Å². The van der Waals surface area contributed by atoms with Crippen LogP contribution < -0.4 is 5.32 Å². The van der Waals surface area contributed by atoms with Gasteiger partial charge < -0.3 is 10.2 Å². The number of carbonyl (C=O) groups excluding carboxylic acids is 2. The summed E-state index contributed by atoms with van der Waals surface area (Å²) in [7, 11) is 0. The van der Waals surface area contributed by atoms with Crippen molar-refractivity contribution in [1.29, 1.82) is 0 Å². The summed E-state index contributed by atoms with van der Waals surface area (Å²) in [5.41, 5.74) is 1.86. The van der Waals surface area contributed by atoms with Gasteiger partial charge in [0.25, 0.3) is 5.69 Å². The summed E-state index contributed by atoms with van der Waals surface area (Å²) in [5, 5.41) is 15.0. The lowest BCUT2D eigenvalue weighted by Gasteiger charge is -2.32. The van der Waals surface area contributed by atoms with E-state index in [1.54, 1.807) is 42.5 Å². The van der Waals surface area contributed by atoms with Crippen LogP contribution in [0.5, 0.6) is 0 Å². The quantitative estimate of drug-likeness (QED) is 0.319. The third-order valence-corrected chi connectivity index (χ3v) is 5.75. The number of nitrogens with one attached hydrogen (secondary N) is 1. The molecule has 1 atom stereocenters. The first kappa shape index (κ1) is 25.9. The van der Waals surface area contributed by atoms with Gasteiger partial charge in [0.1, 0.15) is 6.04 Å². The molecule has 0 aromatic heterocycles.